The van der Waals surface area contributed by atoms with Crippen LogP contribution in [0.5, 0.6) is 17.2 Å². The molecule has 0 aromatic heterocycles. The van der Waals surface area contributed by atoms with Crippen LogP contribution in [0.1, 0.15) is 16.7 Å². The van der Waals surface area contributed by atoms with Crippen molar-refractivity contribution in [1.29, 1.82) is 0 Å². The number of halogens is 1. The predicted molar refractivity (Wildman–Crippen MR) is 147 cm³/mol. The molecule has 4 rings (SSSR count). The Bertz CT molecular complexity index is 1330. The lowest BCUT2D eigenvalue weighted by Gasteiger charge is -2.16. The Morgan fingerprint density at radius 2 is 1.76 bits per heavy atom. The summed E-state index contributed by atoms with van der Waals surface area (Å²) in [6, 6.07) is 20.6. The average Bonchev–Trinajstić information content (AvgIpc) is 3.17. The molecule has 0 aliphatic carbocycles. The quantitative estimate of drug-likeness (QED) is 0.199. The van der Waals surface area contributed by atoms with Gasteiger partial charge in [-0.05, 0) is 59.7 Å². The van der Waals surface area contributed by atoms with Gasteiger partial charge in [0.2, 0.25) is 0 Å². The number of nitrogens with zero attached hydrogens (tertiary/aromatic N) is 1. The van der Waals surface area contributed by atoms with Crippen molar-refractivity contribution in [2.24, 2.45) is 0 Å². The molecule has 6 nitrogen and oxygen atoms in total. The summed E-state index contributed by atoms with van der Waals surface area (Å²) in [6.45, 7) is 4.49. The number of hydrogen-bond donors (Lipinski definition) is 0. The molecular weight excluding hydrogens is 510 g/mol. The summed E-state index contributed by atoms with van der Waals surface area (Å²) in [6.07, 6.45) is 4.01. The Morgan fingerprint density at radius 3 is 2.49 bits per heavy atom. The van der Waals surface area contributed by atoms with E-state index in [9.17, 15) is 9.59 Å². The molecule has 0 radical (unpaired) electrons. The molecule has 1 saturated heterocycles. The minimum atomic E-state index is -0.369. The van der Waals surface area contributed by atoms with Crippen LogP contribution in [0.4, 0.5) is 4.79 Å². The molecule has 1 heterocycles. The van der Waals surface area contributed by atoms with Gasteiger partial charge in [0.15, 0.2) is 11.5 Å². The maximum atomic E-state index is 13.0. The van der Waals surface area contributed by atoms with Gasteiger partial charge in [0.25, 0.3) is 11.1 Å². The number of benzene rings is 3. The fourth-order valence-electron chi connectivity index (χ4n) is 3.77. The third kappa shape index (κ3) is 6.56. The van der Waals surface area contributed by atoms with Crippen molar-refractivity contribution in [3.05, 3.63) is 106 Å². The number of carbonyl (C=O) groups excluding carboxylic acids is 2. The molecule has 1 aliphatic rings. The molecule has 3 aromatic rings. The Hall–Kier alpha value is -3.68. The standard InChI is InChI=1S/C29H26ClNO5S/c1-3-9-22-16-21(17-25(34-2)27(22)36-19-20-10-5-4-6-11-20)18-26-28(32)31(29(33)37-26)14-15-35-24-13-8-7-12-23(24)30/h3-8,10-13,16-18H,1,9,14-15,19H2,2H3/b26-18-. The SMILES string of the molecule is C=CCc1cc(/C=C2\SC(=O)N(CCOc3ccccc3Cl)C2=O)cc(OC)c1OCc1ccccc1. The maximum Gasteiger partial charge on any atom is 0.293 e. The summed E-state index contributed by atoms with van der Waals surface area (Å²) in [5.41, 5.74) is 2.62. The van der Waals surface area contributed by atoms with Gasteiger partial charge < -0.3 is 14.2 Å². The van der Waals surface area contributed by atoms with Gasteiger partial charge in [-0.3, -0.25) is 14.5 Å². The van der Waals surface area contributed by atoms with E-state index >= 15 is 0 Å². The average molecular weight is 536 g/mol. The van der Waals surface area contributed by atoms with E-state index in [0.29, 0.717) is 40.2 Å². The summed E-state index contributed by atoms with van der Waals surface area (Å²) >= 11 is 7.00. The lowest BCUT2D eigenvalue weighted by atomic mass is 10.0. The normalized spacial score (nSPS) is 14.2. The number of methoxy groups -OCH3 is 1. The number of carbonyl (C=O) groups is 2. The van der Waals surface area contributed by atoms with Gasteiger partial charge in [0.05, 0.1) is 23.6 Å². The van der Waals surface area contributed by atoms with E-state index in [1.54, 1.807) is 49.6 Å². The number of allylic oxidation sites excluding steroid dienone is 1. The van der Waals surface area contributed by atoms with Crippen molar-refractivity contribution in [2.45, 2.75) is 13.0 Å². The van der Waals surface area contributed by atoms with Crippen molar-refractivity contribution in [2.75, 3.05) is 20.3 Å². The predicted octanol–water partition coefficient (Wildman–Crippen LogP) is 6.77. The van der Waals surface area contributed by atoms with Crippen LogP contribution in [-0.4, -0.2) is 36.3 Å². The molecule has 0 unspecified atom stereocenters. The molecule has 0 spiro atoms. The number of hydrogen-bond acceptors (Lipinski definition) is 6. The lowest BCUT2D eigenvalue weighted by molar-refractivity contribution is -0.123. The van der Waals surface area contributed by atoms with Crippen LogP contribution in [0.2, 0.25) is 5.02 Å². The minimum Gasteiger partial charge on any atom is -0.493 e. The highest BCUT2D eigenvalue weighted by atomic mass is 35.5. The van der Waals surface area contributed by atoms with E-state index in [1.165, 1.54) is 4.90 Å². The second kappa shape index (κ2) is 12.5. The van der Waals surface area contributed by atoms with Crippen LogP contribution in [0, 0.1) is 0 Å². The van der Waals surface area contributed by atoms with Crippen molar-refractivity contribution in [3.63, 3.8) is 0 Å². The zero-order valence-corrected chi connectivity index (χ0v) is 21.9. The molecule has 2 amide bonds. The Kier molecular flexibility index (Phi) is 8.93. The highest BCUT2D eigenvalue weighted by Gasteiger charge is 2.35. The van der Waals surface area contributed by atoms with E-state index in [-0.39, 0.29) is 24.3 Å². The number of imide groups is 1. The van der Waals surface area contributed by atoms with Crippen molar-refractivity contribution < 1.29 is 23.8 Å². The fourth-order valence-corrected chi connectivity index (χ4v) is 4.83. The molecule has 0 bridgehead atoms. The van der Waals surface area contributed by atoms with Crippen LogP contribution in [0.25, 0.3) is 6.08 Å². The molecule has 8 heteroatoms. The topological polar surface area (TPSA) is 65.1 Å². The second-order valence-corrected chi connectivity index (χ2v) is 9.49. The first kappa shape index (κ1) is 26.4. The number of rotatable bonds is 11. The number of para-hydroxylation sites is 1. The molecule has 1 aliphatic heterocycles. The minimum absolute atomic E-state index is 0.116. The lowest BCUT2D eigenvalue weighted by Crippen LogP contribution is -2.32. The Morgan fingerprint density at radius 1 is 1.00 bits per heavy atom. The first-order valence-corrected chi connectivity index (χ1v) is 12.8. The first-order chi connectivity index (χ1) is 18.0. The first-order valence-electron chi connectivity index (χ1n) is 11.6. The summed E-state index contributed by atoms with van der Waals surface area (Å²) in [7, 11) is 1.57. The molecule has 37 heavy (non-hydrogen) atoms. The molecule has 1 fully saturated rings. The van der Waals surface area contributed by atoms with Gasteiger partial charge in [-0.15, -0.1) is 6.58 Å². The second-order valence-electron chi connectivity index (χ2n) is 8.09. The highest BCUT2D eigenvalue weighted by molar-refractivity contribution is 8.18. The summed E-state index contributed by atoms with van der Waals surface area (Å²) in [4.78, 5) is 27.0. The van der Waals surface area contributed by atoms with Crippen LogP contribution in [-0.2, 0) is 17.8 Å². The van der Waals surface area contributed by atoms with Crippen LogP contribution >= 0.6 is 23.4 Å². The summed E-state index contributed by atoms with van der Waals surface area (Å²) in [5.74, 6) is 1.29. The largest absolute Gasteiger partial charge is 0.493 e. The van der Waals surface area contributed by atoms with Crippen LogP contribution < -0.4 is 14.2 Å². The zero-order valence-electron chi connectivity index (χ0n) is 20.3. The van der Waals surface area contributed by atoms with Crippen molar-refractivity contribution in [1.82, 2.24) is 4.90 Å². The van der Waals surface area contributed by atoms with Crippen molar-refractivity contribution >= 4 is 40.6 Å². The van der Waals surface area contributed by atoms with Gasteiger partial charge >= 0.3 is 0 Å². The molecule has 0 saturated carbocycles. The van der Waals surface area contributed by atoms with E-state index in [2.05, 4.69) is 6.58 Å². The number of amides is 2. The molecule has 3 aromatic carbocycles. The van der Waals surface area contributed by atoms with E-state index < -0.39 is 0 Å². The molecular formula is C29H26ClNO5S. The third-order valence-electron chi connectivity index (χ3n) is 5.54. The molecule has 0 atom stereocenters. The van der Waals surface area contributed by atoms with Gasteiger partial charge in [-0.25, -0.2) is 0 Å². The van der Waals surface area contributed by atoms with Crippen LogP contribution in [0.15, 0.2) is 84.3 Å². The van der Waals surface area contributed by atoms with Gasteiger partial charge in [0.1, 0.15) is 19.0 Å². The summed E-state index contributed by atoms with van der Waals surface area (Å²) < 4.78 is 17.4. The number of thioether (sulfide) groups is 1. The molecule has 190 valence electrons. The Labute approximate surface area is 225 Å². The van der Waals surface area contributed by atoms with Gasteiger partial charge in [-0.2, -0.15) is 0 Å². The number of ether oxygens (including phenoxy) is 3. The highest BCUT2D eigenvalue weighted by Crippen LogP contribution is 2.37. The third-order valence-corrected chi connectivity index (χ3v) is 6.76. The van der Waals surface area contributed by atoms with E-state index in [1.807, 2.05) is 36.4 Å². The summed E-state index contributed by atoms with van der Waals surface area (Å²) in [5, 5.41) is 0.122. The van der Waals surface area contributed by atoms with Crippen LogP contribution in [0.3, 0.4) is 0 Å². The smallest absolute Gasteiger partial charge is 0.293 e. The van der Waals surface area contributed by atoms with E-state index in [0.717, 1.165) is 28.5 Å². The monoisotopic (exact) mass is 535 g/mol. The molecule has 0 N–H and O–H groups in total. The Balaban J connectivity index is 1.50. The van der Waals surface area contributed by atoms with Gasteiger partial charge in [-0.1, -0.05) is 60.1 Å². The zero-order chi connectivity index (χ0) is 26.2. The van der Waals surface area contributed by atoms with Gasteiger partial charge in [0, 0.05) is 5.56 Å². The fraction of sp³-hybridized carbons (Fsp3) is 0.172. The van der Waals surface area contributed by atoms with E-state index in [4.69, 9.17) is 25.8 Å². The maximum absolute atomic E-state index is 13.0. The van der Waals surface area contributed by atoms with Crippen molar-refractivity contribution in [3.8, 4) is 17.2 Å².